The topological polar surface area (TPSA) is 94.8 Å². The summed E-state index contributed by atoms with van der Waals surface area (Å²) in [4.78, 5) is 30.4. The van der Waals surface area contributed by atoms with Crippen molar-refractivity contribution in [1.82, 2.24) is 15.0 Å². The van der Waals surface area contributed by atoms with Crippen LogP contribution in [0, 0.1) is 0 Å². The van der Waals surface area contributed by atoms with Crippen molar-refractivity contribution >= 4 is 50.7 Å². The van der Waals surface area contributed by atoms with E-state index in [1.165, 1.54) is 10.8 Å². The molecule has 0 bridgehead atoms. The molecule has 4 rings (SSSR count). The van der Waals surface area contributed by atoms with Crippen molar-refractivity contribution in [2.75, 3.05) is 20.0 Å². The number of carbonyl (C=O) groups excluding carboxylic acids is 1. The van der Waals surface area contributed by atoms with Gasteiger partial charge in [-0.25, -0.2) is 10.4 Å². The average molecular weight is 553 g/mol. The molecule has 0 aliphatic rings. The number of amides is 1. The SMILES string of the molecule is COc1ccc(-n2c(SCC(=O)N/N=C\c3ccc(OC)c(Br)c3)nc3ccccc3c2=O)cc1. The smallest absolute Gasteiger partial charge is 0.266 e. The van der Waals surface area contributed by atoms with E-state index in [1.54, 1.807) is 62.8 Å². The second-order valence-corrected chi connectivity index (χ2v) is 9.02. The summed E-state index contributed by atoms with van der Waals surface area (Å²) in [5.41, 5.74) is 4.27. The molecule has 1 N–H and O–H groups in total. The number of ether oxygens (including phenoxy) is 2. The third-order valence-electron chi connectivity index (χ3n) is 4.99. The summed E-state index contributed by atoms with van der Waals surface area (Å²) in [6.07, 6.45) is 1.54. The van der Waals surface area contributed by atoms with Crippen molar-refractivity contribution in [2.24, 2.45) is 5.10 Å². The molecule has 0 unspecified atom stereocenters. The first-order valence-electron chi connectivity index (χ1n) is 10.4. The number of thioether (sulfide) groups is 1. The number of benzene rings is 3. The van der Waals surface area contributed by atoms with Crippen LogP contribution in [-0.2, 0) is 4.79 Å². The summed E-state index contributed by atoms with van der Waals surface area (Å²) >= 11 is 4.57. The lowest BCUT2D eigenvalue weighted by molar-refractivity contribution is -0.118. The van der Waals surface area contributed by atoms with Crippen LogP contribution in [0.3, 0.4) is 0 Å². The Morgan fingerprint density at radius 1 is 1.11 bits per heavy atom. The van der Waals surface area contributed by atoms with Crippen molar-refractivity contribution in [3.63, 3.8) is 0 Å². The molecule has 0 saturated carbocycles. The van der Waals surface area contributed by atoms with Crippen molar-refractivity contribution in [2.45, 2.75) is 5.16 Å². The number of rotatable bonds is 8. The highest BCUT2D eigenvalue weighted by Gasteiger charge is 2.15. The van der Waals surface area contributed by atoms with Gasteiger partial charge in [0.15, 0.2) is 5.16 Å². The average Bonchev–Trinajstić information content (AvgIpc) is 2.88. The standard InChI is InChI=1S/C25H21BrN4O4S/c1-33-18-10-8-17(9-11-18)30-24(32)19-5-3-4-6-21(19)28-25(30)35-15-23(31)29-27-14-16-7-12-22(34-2)20(26)13-16/h3-14H,15H2,1-2H3,(H,29,31)/b27-14-. The number of nitrogens with one attached hydrogen (secondary N) is 1. The van der Waals surface area contributed by atoms with Crippen LogP contribution < -0.4 is 20.5 Å². The van der Waals surface area contributed by atoms with Crippen molar-refractivity contribution in [1.29, 1.82) is 0 Å². The van der Waals surface area contributed by atoms with Gasteiger partial charge in [0.05, 0.1) is 47.3 Å². The molecule has 178 valence electrons. The monoisotopic (exact) mass is 552 g/mol. The fraction of sp³-hybridized carbons (Fsp3) is 0.120. The van der Waals surface area contributed by atoms with Crippen molar-refractivity contribution in [3.8, 4) is 17.2 Å². The number of halogens is 1. The molecule has 3 aromatic carbocycles. The molecular formula is C25H21BrN4O4S. The zero-order valence-electron chi connectivity index (χ0n) is 18.9. The van der Waals surface area contributed by atoms with Gasteiger partial charge in [-0.1, -0.05) is 23.9 Å². The van der Waals surface area contributed by atoms with Gasteiger partial charge in [0.2, 0.25) is 0 Å². The lowest BCUT2D eigenvalue weighted by Gasteiger charge is -2.13. The Bertz CT molecular complexity index is 1450. The van der Waals surface area contributed by atoms with Crippen LogP contribution in [0.5, 0.6) is 11.5 Å². The molecule has 0 saturated heterocycles. The fourth-order valence-electron chi connectivity index (χ4n) is 3.27. The van der Waals surface area contributed by atoms with Crippen LogP contribution in [0.25, 0.3) is 16.6 Å². The molecule has 10 heteroatoms. The quantitative estimate of drug-likeness (QED) is 0.150. The second-order valence-electron chi connectivity index (χ2n) is 7.23. The zero-order chi connectivity index (χ0) is 24.8. The minimum absolute atomic E-state index is 0.0184. The van der Waals surface area contributed by atoms with E-state index < -0.39 is 0 Å². The van der Waals surface area contributed by atoms with E-state index in [4.69, 9.17) is 9.47 Å². The van der Waals surface area contributed by atoms with E-state index >= 15 is 0 Å². The maximum atomic E-state index is 13.3. The second kappa shape index (κ2) is 11.2. The molecule has 8 nitrogen and oxygen atoms in total. The summed E-state index contributed by atoms with van der Waals surface area (Å²) in [5.74, 6) is 1.06. The Hall–Kier alpha value is -3.63. The molecular weight excluding hydrogens is 532 g/mol. The van der Waals surface area contributed by atoms with E-state index in [2.05, 4.69) is 31.4 Å². The molecule has 0 radical (unpaired) electrons. The highest BCUT2D eigenvalue weighted by atomic mass is 79.9. The summed E-state index contributed by atoms with van der Waals surface area (Å²) in [7, 11) is 3.17. The summed E-state index contributed by atoms with van der Waals surface area (Å²) in [6.45, 7) is 0. The van der Waals surface area contributed by atoms with E-state index in [1.807, 2.05) is 18.2 Å². The maximum Gasteiger partial charge on any atom is 0.266 e. The predicted molar refractivity (Wildman–Crippen MR) is 141 cm³/mol. The minimum Gasteiger partial charge on any atom is -0.497 e. The van der Waals surface area contributed by atoms with Gasteiger partial charge < -0.3 is 9.47 Å². The van der Waals surface area contributed by atoms with Crippen LogP contribution >= 0.6 is 27.7 Å². The summed E-state index contributed by atoms with van der Waals surface area (Å²) in [5, 5.41) is 4.91. The zero-order valence-corrected chi connectivity index (χ0v) is 21.3. The molecule has 0 atom stereocenters. The Balaban J connectivity index is 1.53. The van der Waals surface area contributed by atoms with Gasteiger partial charge in [-0.3, -0.25) is 14.2 Å². The van der Waals surface area contributed by atoms with E-state index in [0.717, 1.165) is 21.8 Å². The van der Waals surface area contributed by atoms with Gasteiger partial charge >= 0.3 is 0 Å². The number of carbonyl (C=O) groups is 1. The largest absolute Gasteiger partial charge is 0.497 e. The third kappa shape index (κ3) is 5.72. The number of nitrogens with zero attached hydrogens (tertiary/aromatic N) is 3. The van der Waals surface area contributed by atoms with Crippen molar-refractivity contribution < 1.29 is 14.3 Å². The molecule has 1 aromatic heterocycles. The number of hydrogen-bond donors (Lipinski definition) is 1. The normalized spacial score (nSPS) is 11.1. The molecule has 0 spiro atoms. The minimum atomic E-state index is -0.331. The molecule has 35 heavy (non-hydrogen) atoms. The van der Waals surface area contributed by atoms with Crippen LogP contribution in [-0.4, -0.2) is 41.6 Å². The first-order valence-corrected chi connectivity index (χ1v) is 12.2. The Labute approximate surface area is 214 Å². The fourth-order valence-corrected chi connectivity index (χ4v) is 4.64. The van der Waals surface area contributed by atoms with Gasteiger partial charge in [0.25, 0.3) is 11.5 Å². The summed E-state index contributed by atoms with van der Waals surface area (Å²) in [6, 6.07) is 19.7. The first kappa shape index (κ1) is 24.5. The number of para-hydroxylation sites is 1. The molecule has 0 fully saturated rings. The number of methoxy groups -OCH3 is 2. The van der Waals surface area contributed by atoms with Gasteiger partial charge in [0.1, 0.15) is 11.5 Å². The van der Waals surface area contributed by atoms with Crippen LogP contribution in [0.1, 0.15) is 5.56 Å². The maximum absolute atomic E-state index is 13.3. The van der Waals surface area contributed by atoms with Crippen molar-refractivity contribution in [3.05, 3.63) is 87.1 Å². The van der Waals surface area contributed by atoms with E-state index in [9.17, 15) is 9.59 Å². The number of fused-ring (bicyclic) bond motifs is 1. The van der Waals surface area contributed by atoms with E-state index in [-0.39, 0.29) is 17.2 Å². The van der Waals surface area contributed by atoms with Gasteiger partial charge in [-0.05, 0) is 76.1 Å². The van der Waals surface area contributed by atoms with Gasteiger partial charge in [0, 0.05) is 0 Å². The lowest BCUT2D eigenvalue weighted by Crippen LogP contribution is -2.24. The molecule has 1 heterocycles. The van der Waals surface area contributed by atoms with E-state index in [0.29, 0.717) is 33.2 Å². The Morgan fingerprint density at radius 2 is 1.89 bits per heavy atom. The van der Waals surface area contributed by atoms with Crippen LogP contribution in [0.2, 0.25) is 0 Å². The molecule has 4 aromatic rings. The highest BCUT2D eigenvalue weighted by Crippen LogP contribution is 2.25. The summed E-state index contributed by atoms with van der Waals surface area (Å²) < 4.78 is 12.7. The third-order valence-corrected chi connectivity index (χ3v) is 6.54. The number of aromatic nitrogens is 2. The van der Waals surface area contributed by atoms with Crippen LogP contribution in [0.15, 0.2) is 86.3 Å². The molecule has 0 aliphatic heterocycles. The van der Waals surface area contributed by atoms with Crippen LogP contribution in [0.4, 0.5) is 0 Å². The highest BCUT2D eigenvalue weighted by molar-refractivity contribution is 9.10. The molecule has 0 aliphatic carbocycles. The lowest BCUT2D eigenvalue weighted by atomic mass is 10.2. The number of hydrazone groups is 1. The molecule has 1 amide bonds. The Morgan fingerprint density at radius 3 is 2.60 bits per heavy atom. The first-order chi connectivity index (χ1) is 17.0. The number of hydrogen-bond acceptors (Lipinski definition) is 7. The van der Waals surface area contributed by atoms with Gasteiger partial charge in [-0.2, -0.15) is 5.10 Å². The predicted octanol–water partition coefficient (Wildman–Crippen LogP) is 4.41. The van der Waals surface area contributed by atoms with Gasteiger partial charge in [-0.15, -0.1) is 0 Å². The Kier molecular flexibility index (Phi) is 7.84.